The van der Waals surface area contributed by atoms with Crippen molar-refractivity contribution < 1.29 is 14.1 Å². The van der Waals surface area contributed by atoms with E-state index < -0.39 is 7.80 Å². The second kappa shape index (κ2) is 10.3. The first kappa shape index (κ1) is 21.9. The Balaban J connectivity index is 1.86. The molecule has 0 spiro atoms. The molecule has 1 atom stereocenters. The molecule has 1 radical (unpaired) electrons. The van der Waals surface area contributed by atoms with Gasteiger partial charge in [-0.15, -0.1) is 0 Å². The first-order valence-corrected chi connectivity index (χ1v) is 11.7. The van der Waals surface area contributed by atoms with Crippen LogP contribution >= 0.6 is 7.80 Å². The summed E-state index contributed by atoms with van der Waals surface area (Å²) >= 11 is 0. The molecule has 0 bridgehead atoms. The van der Waals surface area contributed by atoms with Crippen molar-refractivity contribution in [3.63, 3.8) is 0 Å². The van der Waals surface area contributed by atoms with Crippen molar-refractivity contribution >= 4 is 18.6 Å². The summed E-state index contributed by atoms with van der Waals surface area (Å²) in [5.41, 5.74) is 3.68. The molecule has 3 aromatic rings. The van der Waals surface area contributed by atoms with Gasteiger partial charge in [-0.1, -0.05) is 68.3 Å². The maximum atomic E-state index is 13.3. The molecule has 0 saturated carbocycles. The van der Waals surface area contributed by atoms with E-state index in [1.54, 1.807) is 6.07 Å². The van der Waals surface area contributed by atoms with E-state index in [0.29, 0.717) is 17.5 Å². The minimum Gasteiger partial charge on any atom is -0.494 e. The molecule has 1 unspecified atom stereocenters. The van der Waals surface area contributed by atoms with Crippen molar-refractivity contribution in [1.29, 1.82) is 0 Å². The van der Waals surface area contributed by atoms with Crippen LogP contribution in [0.1, 0.15) is 47.7 Å². The number of aryl methyl sites for hydroxylation is 2. The fourth-order valence-corrected chi connectivity index (χ4v) is 4.95. The van der Waals surface area contributed by atoms with Gasteiger partial charge in [-0.3, -0.25) is 9.36 Å². The van der Waals surface area contributed by atoms with E-state index in [2.05, 4.69) is 6.92 Å². The third-order valence-corrected chi connectivity index (χ3v) is 6.60. The summed E-state index contributed by atoms with van der Waals surface area (Å²) in [4.78, 5) is 13.1. The smallest absolute Gasteiger partial charge is 0.247 e. The largest absolute Gasteiger partial charge is 0.494 e. The Hall–Kier alpha value is -2.77. The molecule has 0 aliphatic rings. The predicted molar refractivity (Wildman–Crippen MR) is 124 cm³/mol. The van der Waals surface area contributed by atoms with Crippen LogP contribution in [0, 0.1) is 13.8 Å². The highest BCUT2D eigenvalue weighted by molar-refractivity contribution is 7.71. The zero-order valence-electron chi connectivity index (χ0n) is 17.9. The van der Waals surface area contributed by atoms with Gasteiger partial charge in [0.1, 0.15) is 5.75 Å². The zero-order chi connectivity index (χ0) is 21.5. The number of ether oxygens (including phenoxy) is 1. The highest BCUT2D eigenvalue weighted by atomic mass is 31.1. The molecule has 30 heavy (non-hydrogen) atoms. The zero-order valence-corrected chi connectivity index (χ0v) is 18.7. The van der Waals surface area contributed by atoms with E-state index in [1.165, 1.54) is 0 Å². The maximum absolute atomic E-state index is 13.3. The average Bonchev–Trinajstić information content (AvgIpc) is 2.76. The van der Waals surface area contributed by atoms with E-state index in [9.17, 15) is 9.36 Å². The number of carbonyl (C=O) groups is 1. The molecule has 0 fully saturated rings. The number of unbranched alkanes of at least 4 members (excludes halogenated alkanes) is 2. The topological polar surface area (TPSA) is 43.4 Å². The van der Waals surface area contributed by atoms with Crippen LogP contribution in [0.15, 0.2) is 66.7 Å². The van der Waals surface area contributed by atoms with Crippen LogP contribution in [0.5, 0.6) is 5.75 Å². The van der Waals surface area contributed by atoms with Crippen LogP contribution in [0.25, 0.3) is 11.1 Å². The molecule has 0 saturated heterocycles. The molecule has 4 heteroatoms. The van der Waals surface area contributed by atoms with E-state index in [4.69, 9.17) is 4.74 Å². The number of hydrogen-bond donors (Lipinski definition) is 0. The van der Waals surface area contributed by atoms with Crippen molar-refractivity contribution in [2.24, 2.45) is 0 Å². The molecule has 155 valence electrons. The maximum Gasteiger partial charge on any atom is 0.247 e. The van der Waals surface area contributed by atoms with Gasteiger partial charge in [0, 0.05) is 10.9 Å². The van der Waals surface area contributed by atoms with Gasteiger partial charge in [-0.05, 0) is 60.7 Å². The average molecular weight is 419 g/mol. The predicted octanol–water partition coefficient (Wildman–Crippen LogP) is 6.83. The van der Waals surface area contributed by atoms with Crippen LogP contribution in [-0.2, 0) is 4.57 Å². The van der Waals surface area contributed by atoms with Gasteiger partial charge in [-0.25, -0.2) is 0 Å². The lowest BCUT2D eigenvalue weighted by Crippen LogP contribution is -2.09. The minimum absolute atomic E-state index is 0.316. The van der Waals surface area contributed by atoms with E-state index >= 15 is 0 Å². The Morgan fingerprint density at radius 1 is 0.867 bits per heavy atom. The fourth-order valence-electron chi connectivity index (χ4n) is 3.53. The summed E-state index contributed by atoms with van der Waals surface area (Å²) in [5.74, 6) is 0.823. The number of benzene rings is 3. The van der Waals surface area contributed by atoms with Crippen LogP contribution in [0.4, 0.5) is 0 Å². The Morgan fingerprint density at radius 3 is 2.20 bits per heavy atom. The molecule has 0 amide bonds. The van der Waals surface area contributed by atoms with Crippen molar-refractivity contribution in [3.05, 3.63) is 83.4 Å². The third-order valence-electron chi connectivity index (χ3n) is 5.18. The molecule has 0 aliphatic heterocycles. The highest BCUT2D eigenvalue weighted by Gasteiger charge is 2.23. The Morgan fingerprint density at radius 2 is 1.53 bits per heavy atom. The van der Waals surface area contributed by atoms with Gasteiger partial charge in [0.15, 0.2) is 7.80 Å². The van der Waals surface area contributed by atoms with Gasteiger partial charge < -0.3 is 4.74 Å². The van der Waals surface area contributed by atoms with E-state index in [-0.39, 0.29) is 5.52 Å². The third kappa shape index (κ3) is 5.04. The van der Waals surface area contributed by atoms with Gasteiger partial charge in [0.05, 0.1) is 6.61 Å². The Labute approximate surface area is 179 Å². The summed E-state index contributed by atoms with van der Waals surface area (Å²) in [6, 6.07) is 20.9. The highest BCUT2D eigenvalue weighted by Crippen LogP contribution is 2.34. The molecule has 3 rings (SSSR count). The Bertz CT molecular complexity index is 1020. The molecule has 0 aliphatic carbocycles. The van der Waals surface area contributed by atoms with Crippen molar-refractivity contribution in [1.82, 2.24) is 0 Å². The van der Waals surface area contributed by atoms with Crippen LogP contribution in [-0.4, -0.2) is 12.1 Å². The summed E-state index contributed by atoms with van der Waals surface area (Å²) in [6.07, 6.45) is 3.37. The van der Waals surface area contributed by atoms with Crippen molar-refractivity contribution in [3.8, 4) is 16.9 Å². The minimum atomic E-state index is -2.23. The number of rotatable bonds is 9. The second-order valence-corrected chi connectivity index (χ2v) is 8.94. The summed E-state index contributed by atoms with van der Waals surface area (Å²) in [5, 5.41) is 0.566. The number of hydrogen-bond acceptors (Lipinski definition) is 3. The molecule has 0 N–H and O–H groups in total. The van der Waals surface area contributed by atoms with Gasteiger partial charge in [0.25, 0.3) is 0 Å². The molecular weight excluding hydrogens is 391 g/mol. The normalized spacial score (nSPS) is 11.2. The molecule has 3 nitrogen and oxygen atoms in total. The second-order valence-electron chi connectivity index (χ2n) is 7.46. The SMILES string of the molecule is CCCCCOc1ccc(-c2ccccc2[P](=O)C(=O)c2c(C)cccc2C)cc1. The standard InChI is InChI=1S/C26H28O3P/c1-4-5-8-18-29-22-16-14-21(15-17-22)23-12-6-7-13-24(23)30(28)26(27)25-19(2)10-9-11-20(25)3/h6-7,9-17H,4-5,8,18H2,1-3H3. The lowest BCUT2D eigenvalue weighted by Gasteiger charge is -2.12. The number of carbonyl (C=O) groups excluding carboxylic acids is 1. The van der Waals surface area contributed by atoms with Gasteiger partial charge in [0.2, 0.25) is 5.52 Å². The molecule has 0 heterocycles. The quantitative estimate of drug-likeness (QED) is 0.282. The Kier molecular flexibility index (Phi) is 7.54. The first-order chi connectivity index (χ1) is 14.5. The van der Waals surface area contributed by atoms with Crippen LogP contribution in [0.3, 0.4) is 0 Å². The lowest BCUT2D eigenvalue weighted by atomic mass is 10.0. The lowest BCUT2D eigenvalue weighted by molar-refractivity contribution is 0.107. The van der Waals surface area contributed by atoms with Crippen molar-refractivity contribution in [2.45, 2.75) is 40.0 Å². The molecular formula is C26H28O3P. The molecule has 0 aromatic heterocycles. The molecule has 3 aromatic carbocycles. The summed E-state index contributed by atoms with van der Waals surface area (Å²) in [6.45, 7) is 6.64. The van der Waals surface area contributed by atoms with Crippen LogP contribution in [0.2, 0.25) is 0 Å². The van der Waals surface area contributed by atoms with E-state index in [1.807, 2.05) is 74.5 Å². The van der Waals surface area contributed by atoms with Crippen LogP contribution < -0.4 is 10.0 Å². The van der Waals surface area contributed by atoms with Gasteiger partial charge in [-0.2, -0.15) is 0 Å². The fraction of sp³-hybridized carbons (Fsp3) is 0.269. The van der Waals surface area contributed by atoms with E-state index in [0.717, 1.165) is 47.3 Å². The summed E-state index contributed by atoms with van der Waals surface area (Å²) in [7, 11) is -2.23. The monoisotopic (exact) mass is 419 g/mol. The van der Waals surface area contributed by atoms with Crippen molar-refractivity contribution in [2.75, 3.05) is 6.61 Å². The summed E-state index contributed by atoms with van der Waals surface area (Å²) < 4.78 is 19.1. The first-order valence-electron chi connectivity index (χ1n) is 10.4. The van der Waals surface area contributed by atoms with Gasteiger partial charge >= 0.3 is 0 Å².